The zero-order valence-corrected chi connectivity index (χ0v) is 9.27. The van der Waals surface area contributed by atoms with Crippen LogP contribution in [0.4, 0.5) is 5.69 Å². The SMILES string of the molecule is CC1CC1CN(C)c1cccc(C#N)c1. The van der Waals surface area contributed by atoms with E-state index in [0.29, 0.717) is 0 Å². The third-order valence-corrected chi connectivity index (χ3v) is 3.20. The summed E-state index contributed by atoms with van der Waals surface area (Å²) in [6.07, 6.45) is 1.35. The van der Waals surface area contributed by atoms with E-state index in [0.717, 1.165) is 29.6 Å². The van der Waals surface area contributed by atoms with Gasteiger partial charge in [0.25, 0.3) is 0 Å². The fourth-order valence-corrected chi connectivity index (χ4v) is 1.92. The van der Waals surface area contributed by atoms with Gasteiger partial charge in [-0.15, -0.1) is 0 Å². The van der Waals surface area contributed by atoms with Crippen LogP contribution >= 0.6 is 0 Å². The molecule has 0 heterocycles. The van der Waals surface area contributed by atoms with E-state index in [1.54, 1.807) is 0 Å². The maximum atomic E-state index is 8.81. The second kappa shape index (κ2) is 3.94. The fourth-order valence-electron chi connectivity index (χ4n) is 1.92. The predicted octanol–water partition coefficient (Wildman–Crippen LogP) is 2.65. The van der Waals surface area contributed by atoms with Crippen LogP contribution < -0.4 is 4.90 Å². The van der Waals surface area contributed by atoms with Crippen molar-refractivity contribution in [3.05, 3.63) is 29.8 Å². The third kappa shape index (κ3) is 2.30. The highest BCUT2D eigenvalue weighted by Crippen LogP contribution is 2.38. The smallest absolute Gasteiger partial charge is 0.0992 e. The summed E-state index contributed by atoms with van der Waals surface area (Å²) < 4.78 is 0. The molecule has 1 aliphatic rings. The average Bonchev–Trinajstić information content (AvgIpc) is 2.94. The molecule has 0 radical (unpaired) electrons. The van der Waals surface area contributed by atoms with E-state index in [1.807, 2.05) is 18.2 Å². The first-order valence-electron chi connectivity index (χ1n) is 5.42. The maximum absolute atomic E-state index is 8.81. The number of nitriles is 1. The van der Waals surface area contributed by atoms with Gasteiger partial charge in [-0.1, -0.05) is 13.0 Å². The van der Waals surface area contributed by atoms with Gasteiger partial charge in [0, 0.05) is 19.3 Å². The first-order chi connectivity index (χ1) is 7.20. The Morgan fingerprint density at radius 1 is 1.53 bits per heavy atom. The zero-order chi connectivity index (χ0) is 10.8. The summed E-state index contributed by atoms with van der Waals surface area (Å²) >= 11 is 0. The minimum atomic E-state index is 0.739. The molecule has 0 aromatic heterocycles. The Kier molecular flexibility index (Phi) is 2.64. The average molecular weight is 200 g/mol. The molecule has 78 valence electrons. The molecular formula is C13H16N2. The molecule has 1 fully saturated rings. The lowest BCUT2D eigenvalue weighted by Crippen LogP contribution is -2.20. The Morgan fingerprint density at radius 3 is 2.87 bits per heavy atom. The normalized spacial score (nSPS) is 23.3. The molecule has 0 spiro atoms. The van der Waals surface area contributed by atoms with Crippen molar-refractivity contribution in [2.45, 2.75) is 13.3 Å². The molecule has 0 bridgehead atoms. The van der Waals surface area contributed by atoms with Crippen LogP contribution in [0.1, 0.15) is 18.9 Å². The van der Waals surface area contributed by atoms with Gasteiger partial charge in [-0.3, -0.25) is 0 Å². The number of nitrogens with zero attached hydrogens (tertiary/aromatic N) is 2. The molecule has 1 saturated carbocycles. The van der Waals surface area contributed by atoms with Crippen LogP contribution in [0.15, 0.2) is 24.3 Å². The van der Waals surface area contributed by atoms with Gasteiger partial charge in [-0.2, -0.15) is 5.26 Å². The van der Waals surface area contributed by atoms with E-state index in [1.165, 1.54) is 6.42 Å². The molecule has 2 heteroatoms. The molecule has 2 unspecified atom stereocenters. The molecule has 15 heavy (non-hydrogen) atoms. The molecule has 0 saturated heterocycles. The van der Waals surface area contributed by atoms with Crippen molar-refractivity contribution in [1.29, 1.82) is 5.26 Å². The van der Waals surface area contributed by atoms with Crippen molar-refractivity contribution in [3.8, 4) is 6.07 Å². The summed E-state index contributed by atoms with van der Waals surface area (Å²) in [6.45, 7) is 3.40. The molecule has 1 aromatic rings. The Balaban J connectivity index is 2.04. The lowest BCUT2D eigenvalue weighted by molar-refractivity contribution is 0.725. The van der Waals surface area contributed by atoms with Gasteiger partial charge in [0.05, 0.1) is 11.6 Å². The number of hydrogen-bond acceptors (Lipinski definition) is 2. The van der Waals surface area contributed by atoms with Crippen LogP contribution in [-0.4, -0.2) is 13.6 Å². The van der Waals surface area contributed by atoms with Gasteiger partial charge >= 0.3 is 0 Å². The number of benzene rings is 1. The van der Waals surface area contributed by atoms with E-state index in [9.17, 15) is 0 Å². The highest BCUT2D eigenvalue weighted by molar-refractivity contribution is 5.51. The maximum Gasteiger partial charge on any atom is 0.0992 e. The molecule has 2 atom stereocenters. The van der Waals surface area contributed by atoms with Crippen molar-refractivity contribution in [1.82, 2.24) is 0 Å². The number of anilines is 1. The fraction of sp³-hybridized carbons (Fsp3) is 0.462. The Labute approximate surface area is 91.1 Å². The van der Waals surface area contributed by atoms with Crippen molar-refractivity contribution in [3.63, 3.8) is 0 Å². The summed E-state index contributed by atoms with van der Waals surface area (Å²) in [7, 11) is 2.10. The Morgan fingerprint density at radius 2 is 2.27 bits per heavy atom. The summed E-state index contributed by atoms with van der Waals surface area (Å²) in [5, 5.41) is 8.81. The van der Waals surface area contributed by atoms with E-state index >= 15 is 0 Å². The molecule has 1 aliphatic carbocycles. The van der Waals surface area contributed by atoms with Gasteiger partial charge < -0.3 is 4.90 Å². The molecule has 0 amide bonds. The summed E-state index contributed by atoms with van der Waals surface area (Å²) in [5.74, 6) is 1.73. The van der Waals surface area contributed by atoms with Crippen molar-refractivity contribution in [2.24, 2.45) is 11.8 Å². The minimum absolute atomic E-state index is 0.739. The third-order valence-electron chi connectivity index (χ3n) is 3.20. The molecule has 2 rings (SSSR count). The van der Waals surface area contributed by atoms with Crippen LogP contribution in [0.5, 0.6) is 0 Å². The highest BCUT2D eigenvalue weighted by Gasteiger charge is 2.33. The van der Waals surface area contributed by atoms with Crippen LogP contribution in [0, 0.1) is 23.2 Å². The van der Waals surface area contributed by atoms with Gasteiger partial charge in [-0.05, 0) is 36.5 Å². The zero-order valence-electron chi connectivity index (χ0n) is 9.27. The first kappa shape index (κ1) is 10.0. The monoisotopic (exact) mass is 200 g/mol. The predicted molar refractivity (Wildman–Crippen MR) is 61.7 cm³/mol. The van der Waals surface area contributed by atoms with Crippen LogP contribution in [-0.2, 0) is 0 Å². The van der Waals surface area contributed by atoms with Crippen molar-refractivity contribution in [2.75, 3.05) is 18.5 Å². The minimum Gasteiger partial charge on any atom is -0.374 e. The van der Waals surface area contributed by atoms with Crippen LogP contribution in [0.3, 0.4) is 0 Å². The van der Waals surface area contributed by atoms with Crippen molar-refractivity contribution >= 4 is 5.69 Å². The van der Waals surface area contributed by atoms with E-state index in [4.69, 9.17) is 5.26 Å². The number of hydrogen-bond donors (Lipinski definition) is 0. The Hall–Kier alpha value is -1.49. The lowest BCUT2D eigenvalue weighted by Gasteiger charge is -2.19. The van der Waals surface area contributed by atoms with E-state index < -0.39 is 0 Å². The lowest BCUT2D eigenvalue weighted by atomic mass is 10.2. The first-order valence-corrected chi connectivity index (χ1v) is 5.42. The quantitative estimate of drug-likeness (QED) is 0.750. The highest BCUT2D eigenvalue weighted by atomic mass is 15.1. The number of rotatable bonds is 3. The van der Waals surface area contributed by atoms with Crippen LogP contribution in [0.2, 0.25) is 0 Å². The van der Waals surface area contributed by atoms with Gasteiger partial charge in [0.1, 0.15) is 0 Å². The van der Waals surface area contributed by atoms with Gasteiger partial charge in [-0.25, -0.2) is 0 Å². The van der Waals surface area contributed by atoms with E-state index in [2.05, 4.69) is 31.0 Å². The topological polar surface area (TPSA) is 27.0 Å². The molecule has 0 N–H and O–H groups in total. The summed E-state index contributed by atoms with van der Waals surface area (Å²) in [6, 6.07) is 9.98. The van der Waals surface area contributed by atoms with Gasteiger partial charge in [0.2, 0.25) is 0 Å². The summed E-state index contributed by atoms with van der Waals surface area (Å²) in [5.41, 5.74) is 1.89. The van der Waals surface area contributed by atoms with Gasteiger partial charge in [0.15, 0.2) is 0 Å². The van der Waals surface area contributed by atoms with Crippen molar-refractivity contribution < 1.29 is 0 Å². The largest absolute Gasteiger partial charge is 0.374 e. The molecule has 0 aliphatic heterocycles. The van der Waals surface area contributed by atoms with E-state index in [-0.39, 0.29) is 0 Å². The summed E-state index contributed by atoms with van der Waals surface area (Å²) in [4.78, 5) is 2.25. The Bertz CT molecular complexity index is 392. The molecular weight excluding hydrogens is 184 g/mol. The molecule has 1 aromatic carbocycles. The second-order valence-corrected chi connectivity index (χ2v) is 4.52. The van der Waals surface area contributed by atoms with Crippen LogP contribution in [0.25, 0.3) is 0 Å². The molecule has 2 nitrogen and oxygen atoms in total. The standard InChI is InChI=1S/C13H16N2/c1-10-6-12(10)9-15(2)13-5-3-4-11(7-13)8-14/h3-5,7,10,12H,6,9H2,1-2H3. The second-order valence-electron chi connectivity index (χ2n) is 4.52.